The lowest BCUT2D eigenvalue weighted by atomic mass is 9.93. The minimum atomic E-state index is 0.266. The van der Waals surface area contributed by atoms with Gasteiger partial charge in [0.25, 0.3) is 0 Å². The van der Waals surface area contributed by atoms with E-state index in [2.05, 4.69) is 36.4 Å². The molecule has 0 saturated carbocycles. The second kappa shape index (κ2) is 3.51. The van der Waals surface area contributed by atoms with Crippen molar-refractivity contribution in [2.24, 2.45) is 0 Å². The number of rotatable bonds is 1. The lowest BCUT2D eigenvalue weighted by Crippen LogP contribution is -1.89. The Bertz CT molecular complexity index is 893. The van der Waals surface area contributed by atoms with E-state index in [1.54, 1.807) is 13.2 Å². The van der Waals surface area contributed by atoms with Crippen LogP contribution in [0.2, 0.25) is 0 Å². The molecule has 0 unspecified atom stereocenters. The highest BCUT2D eigenvalue weighted by atomic mass is 16.5. The van der Waals surface area contributed by atoms with Gasteiger partial charge >= 0.3 is 0 Å². The van der Waals surface area contributed by atoms with Gasteiger partial charge in [0.05, 0.1) is 7.11 Å². The first-order valence-electron chi connectivity index (χ1n) is 6.23. The van der Waals surface area contributed by atoms with Crippen LogP contribution in [-0.2, 0) is 0 Å². The maximum atomic E-state index is 10.2. The number of benzene rings is 4. The van der Waals surface area contributed by atoms with Gasteiger partial charge < -0.3 is 9.84 Å². The fourth-order valence-electron chi connectivity index (χ4n) is 2.95. The molecule has 0 saturated heterocycles. The molecule has 0 amide bonds. The highest BCUT2D eigenvalue weighted by molar-refractivity contribution is 6.25. The molecule has 4 rings (SSSR count). The normalized spacial score (nSPS) is 11.6. The number of methoxy groups -OCH3 is 1. The first-order chi connectivity index (χ1) is 9.29. The maximum Gasteiger partial charge on any atom is 0.130 e. The summed E-state index contributed by atoms with van der Waals surface area (Å²) in [6.45, 7) is 0. The monoisotopic (exact) mass is 248 g/mol. The topological polar surface area (TPSA) is 29.5 Å². The average molecular weight is 248 g/mol. The molecule has 0 aliphatic heterocycles. The molecule has 0 aliphatic carbocycles. The van der Waals surface area contributed by atoms with Crippen molar-refractivity contribution in [1.29, 1.82) is 0 Å². The Morgan fingerprint density at radius 1 is 0.842 bits per heavy atom. The van der Waals surface area contributed by atoms with Gasteiger partial charge in [-0.25, -0.2) is 0 Å². The highest BCUT2D eigenvalue weighted by Crippen LogP contribution is 2.42. The zero-order valence-electron chi connectivity index (χ0n) is 10.5. The van der Waals surface area contributed by atoms with Crippen LogP contribution in [0.4, 0.5) is 0 Å². The predicted molar refractivity (Wildman–Crippen MR) is 78.4 cm³/mol. The van der Waals surface area contributed by atoms with Crippen molar-refractivity contribution in [2.45, 2.75) is 0 Å². The maximum absolute atomic E-state index is 10.2. The van der Waals surface area contributed by atoms with Gasteiger partial charge in [0, 0.05) is 22.2 Å². The molecular formula is C17H12O2. The van der Waals surface area contributed by atoms with Crippen molar-refractivity contribution >= 4 is 32.3 Å². The van der Waals surface area contributed by atoms with E-state index >= 15 is 0 Å². The van der Waals surface area contributed by atoms with Crippen LogP contribution in [0.5, 0.6) is 11.5 Å². The summed E-state index contributed by atoms with van der Waals surface area (Å²) in [4.78, 5) is 0. The second-order valence-electron chi connectivity index (χ2n) is 4.78. The third kappa shape index (κ3) is 1.26. The van der Waals surface area contributed by atoms with Gasteiger partial charge in [-0.1, -0.05) is 30.3 Å². The van der Waals surface area contributed by atoms with E-state index in [4.69, 9.17) is 4.74 Å². The van der Waals surface area contributed by atoms with Crippen LogP contribution in [0.3, 0.4) is 0 Å². The van der Waals surface area contributed by atoms with Gasteiger partial charge in [-0.05, 0) is 28.3 Å². The largest absolute Gasteiger partial charge is 0.507 e. The van der Waals surface area contributed by atoms with Crippen LogP contribution >= 0.6 is 0 Å². The van der Waals surface area contributed by atoms with Gasteiger partial charge in [-0.2, -0.15) is 0 Å². The Hall–Kier alpha value is -2.48. The van der Waals surface area contributed by atoms with Crippen LogP contribution in [0.1, 0.15) is 0 Å². The molecular weight excluding hydrogens is 236 g/mol. The van der Waals surface area contributed by atoms with Crippen LogP contribution in [-0.4, -0.2) is 12.2 Å². The van der Waals surface area contributed by atoms with E-state index in [0.717, 1.165) is 16.2 Å². The quantitative estimate of drug-likeness (QED) is 0.509. The number of hydrogen-bond acceptors (Lipinski definition) is 2. The summed E-state index contributed by atoms with van der Waals surface area (Å²) in [5.74, 6) is 0.978. The fraction of sp³-hybridized carbons (Fsp3) is 0.0588. The third-order valence-electron chi connectivity index (χ3n) is 3.81. The molecule has 2 nitrogen and oxygen atoms in total. The summed E-state index contributed by atoms with van der Waals surface area (Å²) in [6, 6.07) is 16.1. The summed E-state index contributed by atoms with van der Waals surface area (Å²) < 4.78 is 5.39. The van der Waals surface area contributed by atoms with Crippen molar-refractivity contribution in [3.8, 4) is 11.5 Å². The van der Waals surface area contributed by atoms with E-state index in [1.165, 1.54) is 16.2 Å². The molecule has 1 N–H and O–H groups in total. The van der Waals surface area contributed by atoms with E-state index in [1.807, 2.05) is 6.07 Å². The highest BCUT2D eigenvalue weighted by Gasteiger charge is 2.13. The molecule has 19 heavy (non-hydrogen) atoms. The Labute approximate surface area is 110 Å². The SMILES string of the molecule is COc1cc(O)c2ccc3cccc4ccc1c2c34. The molecule has 0 spiro atoms. The average Bonchev–Trinajstić information content (AvgIpc) is 2.46. The molecule has 92 valence electrons. The first kappa shape index (κ1) is 10.4. The van der Waals surface area contributed by atoms with Gasteiger partial charge in [-0.3, -0.25) is 0 Å². The summed E-state index contributed by atoms with van der Waals surface area (Å²) in [5.41, 5.74) is 0. The van der Waals surface area contributed by atoms with Gasteiger partial charge in [0.2, 0.25) is 0 Å². The number of phenolic OH excluding ortho intramolecular Hbond substituents is 1. The predicted octanol–water partition coefficient (Wildman–Crippen LogP) is 4.30. The Morgan fingerprint density at radius 2 is 1.53 bits per heavy atom. The third-order valence-corrected chi connectivity index (χ3v) is 3.81. The van der Waals surface area contributed by atoms with Crippen molar-refractivity contribution in [1.82, 2.24) is 0 Å². The molecule has 2 heteroatoms. The van der Waals surface area contributed by atoms with Gasteiger partial charge in [0.1, 0.15) is 11.5 Å². The zero-order chi connectivity index (χ0) is 13.0. The summed E-state index contributed by atoms with van der Waals surface area (Å²) in [5, 5.41) is 16.7. The van der Waals surface area contributed by atoms with Gasteiger partial charge in [-0.15, -0.1) is 0 Å². The van der Waals surface area contributed by atoms with Crippen LogP contribution in [0.15, 0.2) is 48.5 Å². The molecule has 4 aromatic rings. The zero-order valence-corrected chi connectivity index (χ0v) is 10.5. The Morgan fingerprint density at radius 3 is 2.21 bits per heavy atom. The molecule has 0 aromatic heterocycles. The minimum Gasteiger partial charge on any atom is -0.507 e. The summed E-state index contributed by atoms with van der Waals surface area (Å²) in [7, 11) is 1.63. The molecule has 0 aliphatic rings. The second-order valence-corrected chi connectivity index (χ2v) is 4.78. The number of hydrogen-bond donors (Lipinski definition) is 1. The van der Waals surface area contributed by atoms with Crippen molar-refractivity contribution < 1.29 is 9.84 Å². The first-order valence-corrected chi connectivity index (χ1v) is 6.23. The van der Waals surface area contributed by atoms with Gasteiger partial charge in [0.15, 0.2) is 0 Å². The number of aromatic hydroxyl groups is 1. The van der Waals surface area contributed by atoms with Crippen LogP contribution in [0, 0.1) is 0 Å². The number of ether oxygens (including phenoxy) is 1. The van der Waals surface area contributed by atoms with E-state index in [9.17, 15) is 5.11 Å². The molecule has 0 radical (unpaired) electrons. The van der Waals surface area contributed by atoms with Crippen molar-refractivity contribution in [3.63, 3.8) is 0 Å². The summed E-state index contributed by atoms with van der Waals surface area (Å²) in [6.07, 6.45) is 0. The van der Waals surface area contributed by atoms with E-state index in [-0.39, 0.29) is 5.75 Å². The molecule has 0 atom stereocenters. The molecule has 0 heterocycles. The molecule has 0 bridgehead atoms. The van der Waals surface area contributed by atoms with Crippen LogP contribution < -0.4 is 4.74 Å². The molecule has 4 aromatic carbocycles. The number of phenols is 1. The Kier molecular flexibility index (Phi) is 1.93. The fourth-order valence-corrected chi connectivity index (χ4v) is 2.95. The lowest BCUT2D eigenvalue weighted by molar-refractivity contribution is 0.414. The summed E-state index contributed by atoms with van der Waals surface area (Å²) >= 11 is 0. The standard InChI is InChI=1S/C17H12O2/c1-19-15-9-14(18)12-7-5-10-3-2-4-11-6-8-13(15)17(12)16(10)11/h2-9,18H,1H3. The van der Waals surface area contributed by atoms with E-state index < -0.39 is 0 Å². The smallest absolute Gasteiger partial charge is 0.130 e. The minimum absolute atomic E-state index is 0.266. The van der Waals surface area contributed by atoms with Crippen molar-refractivity contribution in [3.05, 3.63) is 48.5 Å². The Balaban J connectivity index is 2.41. The molecule has 0 fully saturated rings. The van der Waals surface area contributed by atoms with Crippen LogP contribution in [0.25, 0.3) is 32.3 Å². The lowest BCUT2D eigenvalue weighted by Gasteiger charge is -2.14. The van der Waals surface area contributed by atoms with Crippen molar-refractivity contribution in [2.75, 3.05) is 7.11 Å². The van der Waals surface area contributed by atoms with E-state index in [0.29, 0.717) is 5.75 Å².